The Bertz CT molecular complexity index is 364. The van der Waals surface area contributed by atoms with Crippen molar-refractivity contribution in [3.05, 3.63) is 16.7 Å². The number of fused-ring (bicyclic) bond motifs is 1. The maximum absolute atomic E-state index is 6.27. The average molecular weight is 225 g/mol. The molecule has 0 bridgehead atoms. The summed E-state index contributed by atoms with van der Waals surface area (Å²) in [7, 11) is 0. The Labute approximate surface area is 95.6 Å². The van der Waals surface area contributed by atoms with Crippen molar-refractivity contribution in [3.63, 3.8) is 0 Å². The number of hydrogen-bond donors (Lipinski definition) is 0. The summed E-state index contributed by atoms with van der Waals surface area (Å²) in [4.78, 5) is 4.52. The summed E-state index contributed by atoms with van der Waals surface area (Å²) in [6.45, 7) is 0. The number of halogens is 1. The largest absolute Gasteiger partial charge is 0.316 e. The molecule has 0 radical (unpaired) electrons. The number of imidazole rings is 1. The van der Waals surface area contributed by atoms with Gasteiger partial charge in [0.1, 0.15) is 0 Å². The van der Waals surface area contributed by atoms with Gasteiger partial charge < -0.3 is 4.57 Å². The van der Waals surface area contributed by atoms with Crippen LogP contribution in [0.2, 0.25) is 5.28 Å². The van der Waals surface area contributed by atoms with E-state index >= 15 is 0 Å². The lowest BCUT2D eigenvalue weighted by Crippen LogP contribution is -2.12. The van der Waals surface area contributed by atoms with Crippen molar-refractivity contribution in [3.8, 4) is 0 Å². The van der Waals surface area contributed by atoms with Crippen molar-refractivity contribution in [2.24, 2.45) is 0 Å². The molecule has 0 aromatic carbocycles. The molecule has 3 rings (SSSR count). The van der Waals surface area contributed by atoms with Crippen LogP contribution in [0.3, 0.4) is 0 Å². The van der Waals surface area contributed by atoms with E-state index in [0.717, 1.165) is 11.7 Å². The Balaban J connectivity index is 2.01. The monoisotopic (exact) mass is 224 g/mol. The van der Waals surface area contributed by atoms with Gasteiger partial charge in [-0.1, -0.05) is 12.8 Å². The highest BCUT2D eigenvalue weighted by Gasteiger charge is 2.25. The lowest BCUT2D eigenvalue weighted by Gasteiger charge is -2.19. The molecule has 0 amide bonds. The van der Waals surface area contributed by atoms with Crippen molar-refractivity contribution in [2.75, 3.05) is 0 Å². The molecule has 1 saturated carbocycles. The third-order valence-electron chi connectivity index (χ3n) is 3.82. The van der Waals surface area contributed by atoms with E-state index in [-0.39, 0.29) is 0 Å². The van der Waals surface area contributed by atoms with E-state index in [0.29, 0.717) is 6.04 Å². The first kappa shape index (κ1) is 9.71. The summed E-state index contributed by atoms with van der Waals surface area (Å²) >= 11 is 6.27. The fraction of sp³-hybridized carbons (Fsp3) is 0.750. The maximum Gasteiger partial charge on any atom is 0.203 e. The molecule has 1 heterocycles. The van der Waals surface area contributed by atoms with Crippen LogP contribution in [0, 0.1) is 0 Å². The van der Waals surface area contributed by atoms with Crippen molar-refractivity contribution in [1.82, 2.24) is 9.55 Å². The number of rotatable bonds is 1. The van der Waals surface area contributed by atoms with E-state index in [1.165, 1.54) is 56.3 Å². The van der Waals surface area contributed by atoms with E-state index in [1.54, 1.807) is 0 Å². The van der Waals surface area contributed by atoms with Gasteiger partial charge in [-0.05, 0) is 50.1 Å². The van der Waals surface area contributed by atoms with E-state index in [4.69, 9.17) is 11.6 Å². The first-order valence-electron chi connectivity index (χ1n) is 6.12. The topological polar surface area (TPSA) is 17.8 Å². The van der Waals surface area contributed by atoms with Crippen molar-refractivity contribution < 1.29 is 0 Å². The van der Waals surface area contributed by atoms with E-state index < -0.39 is 0 Å². The fourth-order valence-electron chi connectivity index (χ4n) is 3.06. The van der Waals surface area contributed by atoms with E-state index in [1.807, 2.05) is 0 Å². The maximum atomic E-state index is 6.27. The zero-order valence-corrected chi connectivity index (χ0v) is 9.76. The lowest BCUT2D eigenvalue weighted by atomic mass is 10.0. The van der Waals surface area contributed by atoms with Crippen molar-refractivity contribution in [2.45, 2.75) is 57.4 Å². The Hall–Kier alpha value is -0.500. The van der Waals surface area contributed by atoms with Crippen LogP contribution in [0.4, 0.5) is 0 Å². The highest BCUT2D eigenvalue weighted by atomic mass is 35.5. The Morgan fingerprint density at radius 3 is 2.60 bits per heavy atom. The van der Waals surface area contributed by atoms with Gasteiger partial charge >= 0.3 is 0 Å². The minimum absolute atomic E-state index is 0.645. The van der Waals surface area contributed by atoms with Gasteiger partial charge in [-0.15, -0.1) is 0 Å². The van der Waals surface area contributed by atoms with Gasteiger partial charge in [0.2, 0.25) is 5.28 Å². The first-order chi connectivity index (χ1) is 7.36. The number of aromatic nitrogens is 2. The molecule has 3 heteroatoms. The predicted molar refractivity (Wildman–Crippen MR) is 61.4 cm³/mol. The third-order valence-corrected chi connectivity index (χ3v) is 4.08. The van der Waals surface area contributed by atoms with Crippen molar-refractivity contribution in [1.29, 1.82) is 0 Å². The Kier molecular flexibility index (Phi) is 2.47. The number of hydrogen-bond acceptors (Lipinski definition) is 1. The number of nitrogens with zero attached hydrogens (tertiary/aromatic N) is 2. The summed E-state index contributed by atoms with van der Waals surface area (Å²) in [5, 5.41) is 0.744. The molecular weight excluding hydrogens is 208 g/mol. The zero-order chi connectivity index (χ0) is 10.3. The van der Waals surface area contributed by atoms with Crippen LogP contribution in [0.25, 0.3) is 0 Å². The van der Waals surface area contributed by atoms with Crippen LogP contribution in [0.15, 0.2) is 0 Å². The average Bonchev–Trinajstić information content (AvgIpc) is 2.82. The van der Waals surface area contributed by atoms with Gasteiger partial charge in [-0.2, -0.15) is 0 Å². The molecule has 0 atom stereocenters. The number of aryl methyl sites for hydroxylation is 1. The van der Waals surface area contributed by atoms with Crippen LogP contribution in [0.1, 0.15) is 56.0 Å². The predicted octanol–water partition coefficient (Wildman–Crippen LogP) is 3.53. The Morgan fingerprint density at radius 1 is 1.07 bits per heavy atom. The molecule has 15 heavy (non-hydrogen) atoms. The van der Waals surface area contributed by atoms with Crippen LogP contribution < -0.4 is 0 Å². The second-order valence-corrected chi connectivity index (χ2v) is 5.13. The van der Waals surface area contributed by atoms with Gasteiger partial charge in [0.15, 0.2) is 0 Å². The molecule has 0 N–H and O–H groups in total. The molecule has 1 aromatic rings. The van der Waals surface area contributed by atoms with E-state index in [2.05, 4.69) is 9.55 Å². The Morgan fingerprint density at radius 2 is 1.80 bits per heavy atom. The van der Waals surface area contributed by atoms with Gasteiger partial charge in [0.25, 0.3) is 0 Å². The minimum atomic E-state index is 0.645. The highest BCUT2D eigenvalue weighted by molar-refractivity contribution is 6.28. The fourth-order valence-corrected chi connectivity index (χ4v) is 3.41. The summed E-state index contributed by atoms with van der Waals surface area (Å²) in [6.07, 6.45) is 10.2. The molecule has 0 unspecified atom stereocenters. The second kappa shape index (κ2) is 3.82. The smallest absolute Gasteiger partial charge is 0.203 e. The molecule has 0 aliphatic heterocycles. The van der Waals surface area contributed by atoms with Crippen molar-refractivity contribution >= 4 is 11.6 Å². The van der Waals surface area contributed by atoms with Crippen LogP contribution in [-0.4, -0.2) is 9.55 Å². The lowest BCUT2D eigenvalue weighted by molar-refractivity contribution is 0.489. The standard InChI is InChI=1S/C12H17ClN2/c13-12-14-10-7-3-4-8-11(10)15(12)9-5-1-2-6-9/h9H,1-8H2. The summed E-state index contributed by atoms with van der Waals surface area (Å²) in [5.74, 6) is 0. The minimum Gasteiger partial charge on any atom is -0.316 e. The molecule has 0 saturated heterocycles. The molecule has 2 nitrogen and oxygen atoms in total. The molecule has 0 spiro atoms. The zero-order valence-electron chi connectivity index (χ0n) is 9.01. The van der Waals surface area contributed by atoms with Gasteiger partial charge in [0, 0.05) is 11.7 Å². The van der Waals surface area contributed by atoms with Crippen LogP contribution in [-0.2, 0) is 12.8 Å². The molecule has 2 aliphatic carbocycles. The molecule has 1 aromatic heterocycles. The summed E-state index contributed by atoms with van der Waals surface area (Å²) in [5.41, 5.74) is 2.72. The van der Waals surface area contributed by atoms with Gasteiger partial charge in [-0.25, -0.2) is 4.98 Å². The normalized spacial score (nSPS) is 21.9. The second-order valence-electron chi connectivity index (χ2n) is 4.79. The quantitative estimate of drug-likeness (QED) is 0.714. The molecule has 1 fully saturated rings. The van der Waals surface area contributed by atoms with Crippen LogP contribution in [0.5, 0.6) is 0 Å². The summed E-state index contributed by atoms with van der Waals surface area (Å²) in [6, 6.07) is 0.645. The van der Waals surface area contributed by atoms with Gasteiger partial charge in [-0.3, -0.25) is 0 Å². The highest BCUT2D eigenvalue weighted by Crippen LogP contribution is 2.36. The summed E-state index contributed by atoms with van der Waals surface area (Å²) < 4.78 is 2.34. The molecule has 82 valence electrons. The third kappa shape index (κ3) is 1.59. The first-order valence-corrected chi connectivity index (χ1v) is 6.49. The van der Waals surface area contributed by atoms with Gasteiger partial charge in [0.05, 0.1) is 5.69 Å². The van der Waals surface area contributed by atoms with E-state index in [9.17, 15) is 0 Å². The molecular formula is C12H17ClN2. The van der Waals surface area contributed by atoms with Crippen LogP contribution >= 0.6 is 11.6 Å². The SMILES string of the molecule is Clc1nc2c(n1C1CCCC1)CCCC2. The molecule has 2 aliphatic rings.